The van der Waals surface area contributed by atoms with Crippen LogP contribution in [0.4, 0.5) is 5.69 Å². The van der Waals surface area contributed by atoms with E-state index in [0.29, 0.717) is 13.2 Å². The van der Waals surface area contributed by atoms with Crippen molar-refractivity contribution in [3.63, 3.8) is 0 Å². The SMILES string of the molecule is CCOC1CC(C(=O)Nc2cccc(Cn3nc(C)cc3C)c2)C1. The molecule has 0 bridgehead atoms. The van der Waals surface area contributed by atoms with Crippen LogP contribution in [0.5, 0.6) is 0 Å². The maximum atomic E-state index is 12.3. The predicted molar refractivity (Wildman–Crippen MR) is 94.0 cm³/mol. The third kappa shape index (κ3) is 3.85. The smallest absolute Gasteiger partial charge is 0.227 e. The summed E-state index contributed by atoms with van der Waals surface area (Å²) in [4.78, 5) is 12.3. The number of carbonyl (C=O) groups is 1. The molecule has 5 heteroatoms. The molecule has 1 N–H and O–H groups in total. The average Bonchev–Trinajstić information content (AvgIpc) is 2.80. The van der Waals surface area contributed by atoms with Gasteiger partial charge in [-0.2, -0.15) is 5.10 Å². The van der Waals surface area contributed by atoms with Crippen LogP contribution in [-0.2, 0) is 16.1 Å². The highest BCUT2D eigenvalue weighted by molar-refractivity contribution is 5.93. The second-order valence-corrected chi connectivity index (χ2v) is 6.52. The van der Waals surface area contributed by atoms with Crippen LogP contribution in [0.3, 0.4) is 0 Å². The second-order valence-electron chi connectivity index (χ2n) is 6.52. The Morgan fingerprint density at radius 2 is 2.12 bits per heavy atom. The summed E-state index contributed by atoms with van der Waals surface area (Å²) in [5.74, 6) is 0.162. The molecular formula is C19H25N3O2. The molecule has 0 unspecified atom stereocenters. The molecule has 1 aliphatic carbocycles. The molecule has 3 rings (SSSR count). The molecule has 0 aliphatic heterocycles. The first kappa shape index (κ1) is 16.7. The molecule has 1 aromatic heterocycles. The monoisotopic (exact) mass is 327 g/mol. The standard InChI is InChI=1S/C19H25N3O2/c1-4-24-18-10-16(11-18)19(23)20-17-7-5-6-15(9-17)12-22-14(3)8-13(2)21-22/h5-9,16,18H,4,10-12H2,1-3H3,(H,20,23). The van der Waals surface area contributed by atoms with Gasteiger partial charge in [-0.05, 0) is 57.4 Å². The van der Waals surface area contributed by atoms with Crippen molar-refractivity contribution in [1.82, 2.24) is 9.78 Å². The normalized spacial score (nSPS) is 19.8. The largest absolute Gasteiger partial charge is 0.378 e. The predicted octanol–water partition coefficient (Wildman–Crippen LogP) is 3.30. The van der Waals surface area contributed by atoms with Crippen molar-refractivity contribution >= 4 is 11.6 Å². The lowest BCUT2D eigenvalue weighted by Crippen LogP contribution is -2.39. The van der Waals surface area contributed by atoms with E-state index in [1.807, 2.05) is 36.7 Å². The Balaban J connectivity index is 1.59. The van der Waals surface area contributed by atoms with Crippen LogP contribution in [0.25, 0.3) is 0 Å². The van der Waals surface area contributed by atoms with Gasteiger partial charge in [0.1, 0.15) is 0 Å². The summed E-state index contributed by atoms with van der Waals surface area (Å²) < 4.78 is 7.50. The first-order valence-electron chi connectivity index (χ1n) is 8.57. The van der Waals surface area contributed by atoms with Gasteiger partial charge < -0.3 is 10.1 Å². The van der Waals surface area contributed by atoms with E-state index in [1.54, 1.807) is 0 Å². The molecule has 0 atom stereocenters. The zero-order chi connectivity index (χ0) is 17.1. The molecule has 0 radical (unpaired) electrons. The minimum atomic E-state index is 0.0706. The van der Waals surface area contributed by atoms with E-state index < -0.39 is 0 Å². The van der Waals surface area contributed by atoms with Crippen molar-refractivity contribution in [2.24, 2.45) is 5.92 Å². The maximum Gasteiger partial charge on any atom is 0.227 e. The molecule has 0 spiro atoms. The van der Waals surface area contributed by atoms with Crippen LogP contribution in [0.15, 0.2) is 30.3 Å². The van der Waals surface area contributed by atoms with Gasteiger partial charge in [0.05, 0.1) is 18.3 Å². The zero-order valence-corrected chi connectivity index (χ0v) is 14.6. The number of anilines is 1. The van der Waals surface area contributed by atoms with E-state index in [4.69, 9.17) is 4.74 Å². The number of nitrogens with one attached hydrogen (secondary N) is 1. The van der Waals surface area contributed by atoms with Crippen LogP contribution in [0.2, 0.25) is 0 Å². The van der Waals surface area contributed by atoms with E-state index >= 15 is 0 Å². The number of nitrogens with zero attached hydrogens (tertiary/aromatic N) is 2. The molecule has 1 heterocycles. The molecule has 5 nitrogen and oxygen atoms in total. The lowest BCUT2D eigenvalue weighted by Gasteiger charge is -2.33. The number of hydrogen-bond donors (Lipinski definition) is 1. The van der Waals surface area contributed by atoms with Gasteiger partial charge in [-0.3, -0.25) is 9.48 Å². The molecule has 24 heavy (non-hydrogen) atoms. The molecule has 1 amide bonds. The van der Waals surface area contributed by atoms with Crippen LogP contribution < -0.4 is 5.32 Å². The number of carbonyl (C=O) groups excluding carboxylic acids is 1. The fraction of sp³-hybridized carbons (Fsp3) is 0.474. The Hall–Kier alpha value is -2.14. The van der Waals surface area contributed by atoms with Crippen LogP contribution in [0, 0.1) is 19.8 Å². The van der Waals surface area contributed by atoms with Crippen molar-refractivity contribution in [3.8, 4) is 0 Å². The number of amides is 1. The summed E-state index contributed by atoms with van der Waals surface area (Å²) in [5.41, 5.74) is 4.13. The molecule has 128 valence electrons. The first-order valence-corrected chi connectivity index (χ1v) is 8.57. The molecule has 1 aromatic carbocycles. The van der Waals surface area contributed by atoms with Gasteiger partial charge in [0.2, 0.25) is 5.91 Å². The molecule has 1 saturated carbocycles. The molecule has 1 fully saturated rings. The minimum Gasteiger partial charge on any atom is -0.378 e. The fourth-order valence-corrected chi connectivity index (χ4v) is 3.15. The van der Waals surface area contributed by atoms with E-state index in [-0.39, 0.29) is 17.9 Å². The number of ether oxygens (including phenoxy) is 1. The van der Waals surface area contributed by atoms with E-state index in [9.17, 15) is 4.79 Å². The number of benzene rings is 1. The second kappa shape index (κ2) is 7.18. The summed E-state index contributed by atoms with van der Waals surface area (Å²) in [6.07, 6.45) is 1.90. The summed E-state index contributed by atoms with van der Waals surface area (Å²) in [6.45, 7) is 7.46. The third-order valence-electron chi connectivity index (χ3n) is 4.50. The number of hydrogen-bond acceptors (Lipinski definition) is 3. The highest BCUT2D eigenvalue weighted by Crippen LogP contribution is 2.31. The summed E-state index contributed by atoms with van der Waals surface area (Å²) in [7, 11) is 0. The average molecular weight is 327 g/mol. The molecule has 2 aromatic rings. The van der Waals surface area contributed by atoms with Gasteiger partial charge in [0.15, 0.2) is 0 Å². The number of aryl methyl sites for hydroxylation is 2. The lowest BCUT2D eigenvalue weighted by molar-refractivity contribution is -0.128. The topological polar surface area (TPSA) is 56.1 Å². The Labute approximate surface area is 143 Å². The summed E-state index contributed by atoms with van der Waals surface area (Å²) >= 11 is 0. The quantitative estimate of drug-likeness (QED) is 0.885. The van der Waals surface area contributed by atoms with Gasteiger partial charge in [-0.15, -0.1) is 0 Å². The van der Waals surface area contributed by atoms with Gasteiger partial charge in [0.25, 0.3) is 0 Å². The lowest BCUT2D eigenvalue weighted by atomic mass is 9.81. The Morgan fingerprint density at radius 1 is 1.33 bits per heavy atom. The Bertz CT molecular complexity index is 717. The Morgan fingerprint density at radius 3 is 2.79 bits per heavy atom. The summed E-state index contributed by atoms with van der Waals surface area (Å²) in [5, 5.41) is 7.52. The van der Waals surface area contributed by atoms with Crippen molar-refractivity contribution in [3.05, 3.63) is 47.3 Å². The first-order chi connectivity index (χ1) is 11.5. The van der Waals surface area contributed by atoms with Crippen molar-refractivity contribution in [1.29, 1.82) is 0 Å². The fourth-order valence-electron chi connectivity index (χ4n) is 3.15. The zero-order valence-electron chi connectivity index (χ0n) is 14.6. The van der Waals surface area contributed by atoms with Crippen LogP contribution in [0.1, 0.15) is 36.7 Å². The van der Waals surface area contributed by atoms with E-state index in [0.717, 1.165) is 35.5 Å². The molecule has 0 saturated heterocycles. The van der Waals surface area contributed by atoms with Crippen molar-refractivity contribution in [2.75, 3.05) is 11.9 Å². The van der Waals surface area contributed by atoms with Gasteiger partial charge in [0, 0.05) is 23.9 Å². The van der Waals surface area contributed by atoms with Gasteiger partial charge >= 0.3 is 0 Å². The number of rotatable bonds is 6. The van der Waals surface area contributed by atoms with Crippen molar-refractivity contribution in [2.45, 2.75) is 46.3 Å². The highest BCUT2D eigenvalue weighted by Gasteiger charge is 2.34. The Kier molecular flexibility index (Phi) is 5.00. The molecule has 1 aliphatic rings. The van der Waals surface area contributed by atoms with Gasteiger partial charge in [-0.25, -0.2) is 0 Å². The van der Waals surface area contributed by atoms with E-state index in [1.165, 1.54) is 0 Å². The van der Waals surface area contributed by atoms with Crippen LogP contribution in [-0.4, -0.2) is 28.4 Å². The van der Waals surface area contributed by atoms with Crippen LogP contribution >= 0.6 is 0 Å². The molecular weight excluding hydrogens is 302 g/mol. The van der Waals surface area contributed by atoms with Gasteiger partial charge in [-0.1, -0.05) is 12.1 Å². The number of aromatic nitrogens is 2. The minimum absolute atomic E-state index is 0.0706. The third-order valence-corrected chi connectivity index (χ3v) is 4.50. The summed E-state index contributed by atoms with van der Waals surface area (Å²) in [6, 6.07) is 10.0. The maximum absolute atomic E-state index is 12.3. The van der Waals surface area contributed by atoms with E-state index in [2.05, 4.69) is 29.5 Å². The highest BCUT2D eigenvalue weighted by atomic mass is 16.5. The van der Waals surface area contributed by atoms with Crippen molar-refractivity contribution < 1.29 is 9.53 Å².